The molecule has 0 radical (unpaired) electrons. The number of methoxy groups -OCH3 is 1. The van der Waals surface area contributed by atoms with E-state index in [2.05, 4.69) is 6.92 Å². The zero-order valence-electron chi connectivity index (χ0n) is 24.9. The van der Waals surface area contributed by atoms with Crippen molar-refractivity contribution in [2.45, 2.75) is 77.9 Å². The third kappa shape index (κ3) is 18.1. The molecular formula is C29H49NO9PS+. The molecule has 2 rings (SSSR count). The van der Waals surface area contributed by atoms with Crippen LogP contribution < -0.4 is 14.0 Å². The summed E-state index contributed by atoms with van der Waals surface area (Å²) in [6.45, 7) is 7.10. The second-order valence-electron chi connectivity index (χ2n) is 9.80. The Morgan fingerprint density at radius 2 is 1.63 bits per heavy atom. The van der Waals surface area contributed by atoms with Gasteiger partial charge in [0.2, 0.25) is 5.51 Å². The summed E-state index contributed by atoms with van der Waals surface area (Å²) in [5.74, 6) is 0.244. The van der Waals surface area contributed by atoms with Crippen LogP contribution in [0.3, 0.4) is 0 Å². The standard InChI is InChI=1S/C29H48NO9PS/c1-4-5-6-7-8-9-10-11-15-34-16-17-35-18-19-36-37-23-29(33-3)24-38-40(31,32)39-28-14-12-13-27(20-28)22-30-21-26(2)41-25-30/h12-14,20-21,25,29H,4-11,15-19,22-24H2,1-3H3/p+1/t29-/m1/s1. The van der Waals surface area contributed by atoms with Gasteiger partial charge in [-0.2, -0.15) is 14.0 Å². The highest BCUT2D eigenvalue weighted by Crippen LogP contribution is 2.47. The Morgan fingerprint density at radius 3 is 2.34 bits per heavy atom. The molecule has 2 atom stereocenters. The van der Waals surface area contributed by atoms with Crippen molar-refractivity contribution >= 4 is 19.5 Å². The quantitative estimate of drug-likeness (QED) is 0.0514. The number of aromatic nitrogens is 1. The van der Waals surface area contributed by atoms with Crippen LogP contribution in [0.15, 0.2) is 36.0 Å². The number of nitrogens with zero attached hydrogens (tertiary/aromatic N) is 1. The summed E-state index contributed by atoms with van der Waals surface area (Å²) in [7, 11) is -2.92. The summed E-state index contributed by atoms with van der Waals surface area (Å²) in [5.41, 5.74) is 2.95. The summed E-state index contributed by atoms with van der Waals surface area (Å²) < 4.78 is 28.7. The fraction of sp³-hybridized carbons (Fsp3) is 0.690. The highest BCUT2D eigenvalue weighted by atomic mass is 32.1. The molecule has 1 aromatic heterocycles. The number of hydrogen-bond acceptors (Lipinski definition) is 10. The van der Waals surface area contributed by atoms with E-state index in [0.29, 0.717) is 26.4 Å². The third-order valence-electron chi connectivity index (χ3n) is 6.13. The molecule has 0 spiro atoms. The number of thiazole rings is 1. The SMILES string of the molecule is CCCCCCCCCCOCCOCCOOC[C@H](CO[P+]([O-])(O)Oc1cccc(C[n+]2csc(C)c2)c1)OC. The molecule has 1 N–H and O–H groups in total. The van der Waals surface area contributed by atoms with Crippen molar-refractivity contribution in [3.63, 3.8) is 0 Å². The molecule has 1 heterocycles. The highest BCUT2D eigenvalue weighted by Gasteiger charge is 2.31. The molecule has 12 heteroatoms. The van der Waals surface area contributed by atoms with Crippen LogP contribution in [0.2, 0.25) is 0 Å². The van der Waals surface area contributed by atoms with Crippen LogP contribution in [0.1, 0.15) is 68.7 Å². The summed E-state index contributed by atoms with van der Waals surface area (Å²) >= 11 is 1.65. The second kappa shape index (κ2) is 22.3. The second-order valence-corrected chi connectivity index (χ2v) is 12.3. The van der Waals surface area contributed by atoms with Crippen molar-refractivity contribution < 1.29 is 47.4 Å². The number of rotatable bonds is 26. The lowest BCUT2D eigenvalue weighted by atomic mass is 10.1. The van der Waals surface area contributed by atoms with Crippen LogP contribution in [0, 0.1) is 6.92 Å². The average Bonchev–Trinajstić information content (AvgIpc) is 3.36. The lowest BCUT2D eigenvalue weighted by Gasteiger charge is -2.22. The van der Waals surface area contributed by atoms with Crippen molar-refractivity contribution in [3.8, 4) is 5.75 Å². The normalized spacial score (nSPS) is 13.8. The minimum Gasteiger partial charge on any atom is -0.598 e. The molecule has 0 saturated heterocycles. The van der Waals surface area contributed by atoms with E-state index >= 15 is 0 Å². The van der Waals surface area contributed by atoms with Crippen LogP contribution in [0.25, 0.3) is 0 Å². The van der Waals surface area contributed by atoms with E-state index in [1.165, 1.54) is 56.9 Å². The average molecular weight is 619 g/mol. The van der Waals surface area contributed by atoms with Crippen molar-refractivity contribution in [1.82, 2.24) is 0 Å². The Balaban J connectivity index is 1.48. The molecule has 0 aliphatic heterocycles. The number of aryl methyl sites for hydroxylation is 1. The van der Waals surface area contributed by atoms with E-state index < -0.39 is 14.3 Å². The smallest absolute Gasteiger partial charge is 0.426 e. The number of phosphoric acid groups is 1. The van der Waals surface area contributed by atoms with Gasteiger partial charge in [0.25, 0.3) is 0 Å². The predicted octanol–water partition coefficient (Wildman–Crippen LogP) is 4.96. The van der Waals surface area contributed by atoms with E-state index in [4.69, 9.17) is 33.0 Å². The van der Waals surface area contributed by atoms with Gasteiger partial charge in [-0.1, -0.05) is 75.3 Å². The maximum absolute atomic E-state index is 12.5. The molecule has 0 fully saturated rings. The molecule has 10 nitrogen and oxygen atoms in total. The number of phosphoric ester groups is 1. The molecule has 0 saturated carbocycles. The van der Waals surface area contributed by atoms with Gasteiger partial charge in [0.15, 0.2) is 18.5 Å². The first kappa shape index (κ1) is 36.0. The summed E-state index contributed by atoms with van der Waals surface area (Å²) in [4.78, 5) is 34.1. The predicted molar refractivity (Wildman–Crippen MR) is 157 cm³/mol. The fourth-order valence-corrected chi connectivity index (χ4v) is 5.32. The fourth-order valence-electron chi connectivity index (χ4n) is 3.90. The molecule has 1 unspecified atom stereocenters. The van der Waals surface area contributed by atoms with Gasteiger partial charge >= 0.3 is 8.17 Å². The van der Waals surface area contributed by atoms with Gasteiger partial charge in [0.05, 0.1) is 24.7 Å². The molecular weight excluding hydrogens is 569 g/mol. The van der Waals surface area contributed by atoms with Crippen molar-refractivity contribution in [3.05, 3.63) is 46.4 Å². The van der Waals surface area contributed by atoms with E-state index in [9.17, 15) is 9.79 Å². The van der Waals surface area contributed by atoms with E-state index in [-0.39, 0.29) is 25.6 Å². The maximum Gasteiger partial charge on any atom is 0.426 e. The number of ether oxygens (including phenoxy) is 3. The van der Waals surface area contributed by atoms with E-state index in [1.807, 2.05) is 29.3 Å². The van der Waals surface area contributed by atoms with Crippen LogP contribution in [0.5, 0.6) is 5.75 Å². The minimum atomic E-state index is -4.37. The lowest BCUT2D eigenvalue weighted by Crippen LogP contribution is -2.30. The zero-order chi connectivity index (χ0) is 29.6. The van der Waals surface area contributed by atoms with E-state index in [0.717, 1.165) is 18.6 Å². The van der Waals surface area contributed by atoms with Gasteiger partial charge < -0.3 is 19.1 Å². The Kier molecular flexibility index (Phi) is 19.6. The molecule has 0 amide bonds. The summed E-state index contributed by atoms with van der Waals surface area (Å²) in [6, 6.07) is 7.01. The Labute approximate surface area is 250 Å². The van der Waals surface area contributed by atoms with E-state index in [1.54, 1.807) is 29.5 Å². The first-order chi connectivity index (χ1) is 19.9. The van der Waals surface area contributed by atoms with Gasteiger partial charge in [0.1, 0.15) is 25.9 Å². The van der Waals surface area contributed by atoms with Gasteiger partial charge in [-0.15, -0.1) is 0 Å². The summed E-state index contributed by atoms with van der Waals surface area (Å²) in [5, 5.41) is 0. The lowest BCUT2D eigenvalue weighted by molar-refractivity contribution is -0.683. The number of hydrogen-bond donors (Lipinski definition) is 1. The Hall–Kier alpha value is -1.24. The van der Waals surface area contributed by atoms with Gasteiger partial charge in [0, 0.05) is 19.3 Å². The third-order valence-corrected chi connectivity index (χ3v) is 7.90. The zero-order valence-corrected chi connectivity index (χ0v) is 26.6. The molecule has 0 bridgehead atoms. The highest BCUT2D eigenvalue weighted by molar-refractivity contribution is 7.53. The van der Waals surface area contributed by atoms with Crippen LogP contribution >= 0.6 is 19.5 Å². The molecule has 2 aromatic rings. The van der Waals surface area contributed by atoms with Crippen molar-refractivity contribution in [2.24, 2.45) is 0 Å². The largest absolute Gasteiger partial charge is 0.598 e. The Morgan fingerprint density at radius 1 is 0.927 bits per heavy atom. The van der Waals surface area contributed by atoms with Crippen LogP contribution in [-0.2, 0) is 35.1 Å². The molecule has 0 aliphatic rings. The Bertz CT molecular complexity index is 918. The monoisotopic (exact) mass is 618 g/mol. The van der Waals surface area contributed by atoms with Crippen molar-refractivity contribution in [2.75, 3.05) is 53.4 Å². The summed E-state index contributed by atoms with van der Waals surface area (Å²) in [6.07, 6.45) is 11.7. The van der Waals surface area contributed by atoms with Gasteiger partial charge in [-0.3, -0.25) is 4.52 Å². The van der Waals surface area contributed by atoms with Crippen LogP contribution in [-0.4, -0.2) is 64.4 Å². The first-order valence-corrected chi connectivity index (χ1v) is 16.9. The minimum absolute atomic E-state index is 0.00494. The van der Waals surface area contributed by atoms with Crippen molar-refractivity contribution in [1.29, 1.82) is 0 Å². The van der Waals surface area contributed by atoms with Gasteiger partial charge in [-0.05, 0) is 25.5 Å². The maximum atomic E-state index is 12.5. The molecule has 234 valence electrons. The topological polar surface area (TPSA) is 112 Å². The molecule has 0 aliphatic carbocycles. The number of unbranched alkanes of at least 4 members (excludes halogenated alkanes) is 7. The first-order valence-electron chi connectivity index (χ1n) is 14.5. The molecule has 41 heavy (non-hydrogen) atoms. The van der Waals surface area contributed by atoms with Crippen LogP contribution in [0.4, 0.5) is 0 Å². The van der Waals surface area contributed by atoms with Gasteiger partial charge in [-0.25, -0.2) is 9.78 Å². The molecule has 1 aromatic carbocycles. The number of benzene rings is 1.